The first-order valence-electron chi connectivity index (χ1n) is 16.5. The van der Waals surface area contributed by atoms with Crippen LogP contribution in [0.15, 0.2) is 72.8 Å². The Morgan fingerprint density at radius 3 is 1.48 bits per heavy atom. The number of rotatable bonds is 11. The first kappa shape index (κ1) is 36.9. The summed E-state index contributed by atoms with van der Waals surface area (Å²) in [5, 5.41) is 33.3. The van der Waals surface area contributed by atoms with Gasteiger partial charge >= 0.3 is 11.9 Å². The lowest BCUT2D eigenvalue weighted by atomic mass is 9.59. The number of carbonyl (C=O) groups excluding carboxylic acids is 2. The molecule has 3 fully saturated rings. The fraction of sp³-hybridized carbons (Fsp3) is 0.474. The molecule has 2 bridgehead atoms. The van der Waals surface area contributed by atoms with E-state index in [-0.39, 0.29) is 31.8 Å². The maximum Gasteiger partial charge on any atom is 0.337 e. The molecule has 4 unspecified atom stereocenters. The van der Waals surface area contributed by atoms with Gasteiger partial charge in [0.05, 0.1) is 51.8 Å². The van der Waals surface area contributed by atoms with E-state index in [0.29, 0.717) is 30.3 Å². The molecule has 0 aliphatic heterocycles. The van der Waals surface area contributed by atoms with E-state index in [1.165, 1.54) is 81.7 Å². The summed E-state index contributed by atoms with van der Waals surface area (Å²) in [5.74, 6) is 4.08. The fourth-order valence-electron chi connectivity index (χ4n) is 7.98. The van der Waals surface area contributed by atoms with Crippen LogP contribution >= 0.6 is 0 Å². The number of aliphatic hydroxyl groups excluding tert-OH is 4. The van der Waals surface area contributed by atoms with Gasteiger partial charge in [-0.15, -0.1) is 0 Å². The second-order valence-corrected chi connectivity index (χ2v) is 12.2. The topological polar surface area (TPSA) is 152 Å². The van der Waals surface area contributed by atoms with Crippen LogP contribution in [0.4, 0.5) is 0 Å². The van der Waals surface area contributed by atoms with Crippen molar-refractivity contribution in [1.29, 1.82) is 0 Å². The molecule has 4 atom stereocenters. The number of benzene rings is 3. The molecule has 3 aromatic carbocycles. The highest BCUT2D eigenvalue weighted by molar-refractivity contribution is 5.93. The predicted molar refractivity (Wildman–Crippen MR) is 179 cm³/mol. The lowest BCUT2D eigenvalue weighted by molar-refractivity contribution is 0.0586. The maximum absolute atomic E-state index is 11.0. The predicted octanol–water partition coefficient (Wildman–Crippen LogP) is 4.40. The van der Waals surface area contributed by atoms with Crippen molar-refractivity contribution in [2.24, 2.45) is 23.7 Å². The zero-order valence-corrected chi connectivity index (χ0v) is 27.8. The number of hydrogen-bond donors (Lipinski definition) is 4. The molecule has 3 aliphatic carbocycles. The second kappa shape index (κ2) is 18.0. The van der Waals surface area contributed by atoms with Crippen LogP contribution in [0.25, 0.3) is 0 Å². The van der Waals surface area contributed by atoms with Crippen molar-refractivity contribution < 1.29 is 49.0 Å². The number of aliphatic hydroxyl groups is 4. The van der Waals surface area contributed by atoms with Crippen LogP contribution in [0.1, 0.15) is 63.9 Å². The third-order valence-electron chi connectivity index (χ3n) is 9.81. The molecular formula is C38H48O10. The van der Waals surface area contributed by atoms with Crippen LogP contribution in [0.5, 0.6) is 11.5 Å². The summed E-state index contributed by atoms with van der Waals surface area (Å²) in [6.45, 7) is 0.467. The molecule has 0 amide bonds. The molecule has 0 radical (unpaired) electrons. The standard InChI is InChI=1S/C26H32O4.C10H10O4.C2H6O2/c27-12-14-29-21-8-4-19(5-9-21)26(20-6-10-22(11-7-20)30-15-13-28)17-18-16-25(26)24-3-1-2-23(18)24;1-13-9(11)7-3-5-8(6-4-7)10(12)14-2;3-1-2-4/h4-11,18,23-25,27-28H,1-3,12-17H2;3-6H,1-2H3;3-4H,1-2H2. The molecule has 10 nitrogen and oxygen atoms in total. The number of methoxy groups -OCH3 is 2. The van der Waals surface area contributed by atoms with Crippen molar-refractivity contribution in [2.75, 3.05) is 53.9 Å². The van der Waals surface area contributed by atoms with E-state index < -0.39 is 11.9 Å². The van der Waals surface area contributed by atoms with Crippen molar-refractivity contribution in [3.63, 3.8) is 0 Å². The van der Waals surface area contributed by atoms with Gasteiger partial charge in [0.25, 0.3) is 0 Å². The Morgan fingerprint density at radius 1 is 0.646 bits per heavy atom. The van der Waals surface area contributed by atoms with Crippen molar-refractivity contribution in [3.05, 3.63) is 95.1 Å². The number of fused-ring (bicyclic) bond motifs is 5. The van der Waals surface area contributed by atoms with E-state index in [0.717, 1.165) is 29.3 Å². The summed E-state index contributed by atoms with van der Waals surface area (Å²) >= 11 is 0. The first-order chi connectivity index (χ1) is 23.4. The zero-order chi connectivity index (χ0) is 34.5. The van der Waals surface area contributed by atoms with E-state index in [4.69, 9.17) is 29.9 Å². The van der Waals surface area contributed by atoms with Gasteiger partial charge in [0, 0.05) is 5.41 Å². The van der Waals surface area contributed by atoms with Gasteiger partial charge in [0.15, 0.2) is 0 Å². The highest BCUT2D eigenvalue weighted by atomic mass is 16.5. The smallest absolute Gasteiger partial charge is 0.337 e. The summed E-state index contributed by atoms with van der Waals surface area (Å²) in [6, 6.07) is 23.3. The third kappa shape index (κ3) is 8.36. The highest BCUT2D eigenvalue weighted by Gasteiger charge is 2.61. The average Bonchev–Trinajstić information content (AvgIpc) is 3.88. The molecule has 6 rings (SSSR count). The first-order valence-corrected chi connectivity index (χ1v) is 16.5. The van der Waals surface area contributed by atoms with Crippen molar-refractivity contribution in [3.8, 4) is 11.5 Å². The van der Waals surface area contributed by atoms with Gasteiger partial charge in [0.1, 0.15) is 24.7 Å². The third-order valence-corrected chi connectivity index (χ3v) is 9.81. The Hall–Kier alpha value is -3.96. The average molecular weight is 665 g/mol. The molecule has 3 saturated carbocycles. The summed E-state index contributed by atoms with van der Waals surface area (Å²) in [5.41, 5.74) is 3.64. The van der Waals surface area contributed by atoms with E-state index in [2.05, 4.69) is 58.0 Å². The lowest BCUT2D eigenvalue weighted by Crippen LogP contribution is -2.40. The van der Waals surface area contributed by atoms with Gasteiger partial charge in [-0.05, 0) is 109 Å². The molecule has 0 saturated heterocycles. The van der Waals surface area contributed by atoms with Gasteiger partial charge in [-0.1, -0.05) is 30.7 Å². The van der Waals surface area contributed by atoms with Gasteiger partial charge in [-0.25, -0.2) is 9.59 Å². The van der Waals surface area contributed by atoms with Crippen molar-refractivity contribution in [1.82, 2.24) is 0 Å². The summed E-state index contributed by atoms with van der Waals surface area (Å²) in [4.78, 5) is 22.1. The van der Waals surface area contributed by atoms with Crippen LogP contribution in [-0.2, 0) is 14.9 Å². The second-order valence-electron chi connectivity index (χ2n) is 12.2. The molecule has 10 heteroatoms. The lowest BCUT2D eigenvalue weighted by Gasteiger charge is -2.44. The van der Waals surface area contributed by atoms with Crippen LogP contribution < -0.4 is 9.47 Å². The normalized spacial score (nSPS) is 21.1. The Morgan fingerprint density at radius 2 is 1.08 bits per heavy atom. The van der Waals surface area contributed by atoms with Gasteiger partial charge < -0.3 is 39.4 Å². The fourth-order valence-corrected chi connectivity index (χ4v) is 7.98. The summed E-state index contributed by atoms with van der Waals surface area (Å²) in [6.07, 6.45) is 6.76. The summed E-state index contributed by atoms with van der Waals surface area (Å²) < 4.78 is 20.2. The Kier molecular flexibility index (Phi) is 13.8. The number of hydrogen-bond acceptors (Lipinski definition) is 10. The van der Waals surface area contributed by atoms with Crippen LogP contribution in [0.2, 0.25) is 0 Å². The van der Waals surface area contributed by atoms with Gasteiger partial charge in [-0.2, -0.15) is 0 Å². The number of carbonyl (C=O) groups is 2. The monoisotopic (exact) mass is 664 g/mol. The van der Waals surface area contributed by atoms with Crippen LogP contribution in [0.3, 0.4) is 0 Å². The maximum atomic E-state index is 11.0. The largest absolute Gasteiger partial charge is 0.491 e. The van der Waals surface area contributed by atoms with Crippen molar-refractivity contribution in [2.45, 2.75) is 37.5 Å². The van der Waals surface area contributed by atoms with E-state index in [1.54, 1.807) is 0 Å². The Balaban J connectivity index is 0.000000242. The van der Waals surface area contributed by atoms with Crippen LogP contribution in [-0.4, -0.2) is 86.2 Å². The van der Waals surface area contributed by atoms with E-state index >= 15 is 0 Å². The molecule has 4 N–H and O–H groups in total. The van der Waals surface area contributed by atoms with Gasteiger partial charge in [0.2, 0.25) is 0 Å². The van der Waals surface area contributed by atoms with E-state index in [9.17, 15) is 9.59 Å². The zero-order valence-electron chi connectivity index (χ0n) is 27.8. The molecule has 3 aromatic rings. The van der Waals surface area contributed by atoms with Crippen LogP contribution in [0, 0.1) is 23.7 Å². The molecule has 3 aliphatic rings. The minimum atomic E-state index is -0.429. The SMILES string of the molecule is COC(=O)c1ccc(C(=O)OC)cc1.OCCO.OCCOc1ccc(C2(c3ccc(OCCO)cc3)CC3CC2C2CCCC32)cc1. The molecule has 0 spiro atoms. The minimum absolute atomic E-state index is 0.0310. The number of esters is 2. The Bertz CT molecular complexity index is 1330. The Labute approximate surface area is 282 Å². The van der Waals surface area contributed by atoms with Gasteiger partial charge in [-0.3, -0.25) is 0 Å². The molecule has 260 valence electrons. The summed E-state index contributed by atoms with van der Waals surface area (Å²) in [7, 11) is 2.60. The molecule has 48 heavy (non-hydrogen) atoms. The molecular weight excluding hydrogens is 616 g/mol. The van der Waals surface area contributed by atoms with Crippen molar-refractivity contribution >= 4 is 11.9 Å². The minimum Gasteiger partial charge on any atom is -0.491 e. The number of ether oxygens (including phenoxy) is 4. The molecule has 0 heterocycles. The highest BCUT2D eigenvalue weighted by Crippen LogP contribution is 2.68. The quantitative estimate of drug-likeness (QED) is 0.217. The molecule has 0 aromatic heterocycles. The van der Waals surface area contributed by atoms with E-state index in [1.807, 2.05) is 0 Å².